The summed E-state index contributed by atoms with van der Waals surface area (Å²) in [5.41, 5.74) is 1.93. The van der Waals surface area contributed by atoms with Crippen LogP contribution in [0.1, 0.15) is 11.1 Å². The van der Waals surface area contributed by atoms with Gasteiger partial charge >= 0.3 is 0 Å². The monoisotopic (exact) mass is 244 g/mol. The molecule has 18 heavy (non-hydrogen) atoms. The number of rotatable bonds is 5. The Morgan fingerprint density at radius 3 is 2.61 bits per heavy atom. The van der Waals surface area contributed by atoms with Crippen molar-refractivity contribution in [1.29, 1.82) is 0 Å². The smallest absolute Gasteiger partial charge is 0.126 e. The first-order chi connectivity index (χ1) is 8.81. The topological polar surface area (TPSA) is 54.4 Å². The quantitative estimate of drug-likeness (QED) is 0.846. The Bertz CT molecular complexity index is 497. The van der Waals surface area contributed by atoms with E-state index in [0.717, 1.165) is 22.7 Å². The first-order valence-corrected chi connectivity index (χ1v) is 5.77. The molecular formula is C14H16N2O2. The molecule has 0 aliphatic rings. The van der Waals surface area contributed by atoms with Crippen LogP contribution in [0.5, 0.6) is 5.75 Å². The predicted octanol–water partition coefficient (Wildman–Crippen LogP) is 2.19. The summed E-state index contributed by atoms with van der Waals surface area (Å²) in [5.74, 6) is 1.61. The lowest BCUT2D eigenvalue weighted by atomic mass is 10.2. The Balaban J connectivity index is 1.97. The van der Waals surface area contributed by atoms with Crippen LogP contribution in [0, 0.1) is 0 Å². The average Bonchev–Trinajstić information content (AvgIpc) is 2.46. The SMILES string of the molecule is CNc1cc(COc2ccc(CO)cc2)ccn1. The maximum atomic E-state index is 8.94. The number of aliphatic hydroxyl groups is 1. The third kappa shape index (κ3) is 3.21. The van der Waals surface area contributed by atoms with Gasteiger partial charge in [-0.2, -0.15) is 0 Å². The molecule has 0 unspecified atom stereocenters. The molecule has 2 N–H and O–H groups in total. The molecule has 0 aliphatic carbocycles. The second-order valence-electron chi connectivity index (χ2n) is 3.89. The maximum absolute atomic E-state index is 8.94. The number of aliphatic hydroxyl groups excluding tert-OH is 1. The van der Waals surface area contributed by atoms with Crippen molar-refractivity contribution in [2.24, 2.45) is 0 Å². The molecule has 1 heterocycles. The van der Waals surface area contributed by atoms with Gasteiger partial charge in [0.2, 0.25) is 0 Å². The van der Waals surface area contributed by atoms with E-state index < -0.39 is 0 Å². The van der Waals surface area contributed by atoms with Crippen molar-refractivity contribution in [3.05, 3.63) is 53.7 Å². The van der Waals surface area contributed by atoms with Crippen LogP contribution in [-0.2, 0) is 13.2 Å². The number of nitrogens with zero attached hydrogens (tertiary/aromatic N) is 1. The van der Waals surface area contributed by atoms with Gasteiger partial charge in [0.1, 0.15) is 18.2 Å². The van der Waals surface area contributed by atoms with Crippen molar-refractivity contribution >= 4 is 5.82 Å². The summed E-state index contributed by atoms with van der Waals surface area (Å²) in [5, 5.41) is 11.9. The van der Waals surface area contributed by atoms with E-state index in [1.54, 1.807) is 6.20 Å². The van der Waals surface area contributed by atoms with Crippen LogP contribution in [0.4, 0.5) is 5.82 Å². The van der Waals surface area contributed by atoms with Crippen molar-refractivity contribution in [3.8, 4) is 5.75 Å². The summed E-state index contributed by atoms with van der Waals surface area (Å²) in [4.78, 5) is 4.14. The van der Waals surface area contributed by atoms with Gasteiger partial charge in [-0.15, -0.1) is 0 Å². The summed E-state index contributed by atoms with van der Waals surface area (Å²) in [6, 6.07) is 11.3. The highest BCUT2D eigenvalue weighted by atomic mass is 16.5. The van der Waals surface area contributed by atoms with Crippen molar-refractivity contribution in [2.75, 3.05) is 12.4 Å². The molecule has 1 aromatic carbocycles. The normalized spacial score (nSPS) is 10.1. The number of benzene rings is 1. The lowest BCUT2D eigenvalue weighted by Crippen LogP contribution is -1.98. The molecule has 2 aromatic rings. The van der Waals surface area contributed by atoms with Gasteiger partial charge in [0.25, 0.3) is 0 Å². The highest BCUT2D eigenvalue weighted by molar-refractivity contribution is 5.36. The molecule has 0 saturated heterocycles. The number of ether oxygens (including phenoxy) is 1. The molecule has 4 nitrogen and oxygen atoms in total. The van der Waals surface area contributed by atoms with E-state index in [1.165, 1.54) is 0 Å². The number of pyridine rings is 1. The van der Waals surface area contributed by atoms with Crippen LogP contribution in [0.2, 0.25) is 0 Å². The van der Waals surface area contributed by atoms with Crippen LogP contribution in [0.15, 0.2) is 42.6 Å². The van der Waals surface area contributed by atoms with Crippen LogP contribution >= 0.6 is 0 Å². The fourth-order valence-corrected chi connectivity index (χ4v) is 1.56. The summed E-state index contributed by atoms with van der Waals surface area (Å²) >= 11 is 0. The first kappa shape index (κ1) is 12.4. The molecule has 0 amide bonds. The zero-order valence-electron chi connectivity index (χ0n) is 10.3. The summed E-state index contributed by atoms with van der Waals surface area (Å²) in [6.45, 7) is 0.547. The predicted molar refractivity (Wildman–Crippen MR) is 70.5 cm³/mol. The third-order valence-corrected chi connectivity index (χ3v) is 2.59. The van der Waals surface area contributed by atoms with E-state index in [9.17, 15) is 0 Å². The molecule has 94 valence electrons. The number of aromatic nitrogens is 1. The summed E-state index contributed by atoms with van der Waals surface area (Å²) < 4.78 is 5.65. The van der Waals surface area contributed by atoms with E-state index in [-0.39, 0.29) is 6.61 Å². The zero-order chi connectivity index (χ0) is 12.8. The molecule has 2 rings (SSSR count). The molecule has 0 bridgehead atoms. The number of hydrogen-bond donors (Lipinski definition) is 2. The highest BCUT2D eigenvalue weighted by Gasteiger charge is 1.98. The Morgan fingerprint density at radius 1 is 1.17 bits per heavy atom. The Morgan fingerprint density at radius 2 is 1.94 bits per heavy atom. The largest absolute Gasteiger partial charge is 0.489 e. The van der Waals surface area contributed by atoms with Gasteiger partial charge in [0.05, 0.1) is 6.61 Å². The minimum absolute atomic E-state index is 0.0518. The molecular weight excluding hydrogens is 228 g/mol. The zero-order valence-corrected chi connectivity index (χ0v) is 10.3. The fraction of sp³-hybridized carbons (Fsp3) is 0.214. The van der Waals surface area contributed by atoms with Crippen molar-refractivity contribution in [3.63, 3.8) is 0 Å². The minimum atomic E-state index is 0.0518. The Hall–Kier alpha value is -2.07. The van der Waals surface area contributed by atoms with Crippen LogP contribution in [-0.4, -0.2) is 17.1 Å². The van der Waals surface area contributed by atoms with Gasteiger partial charge in [-0.25, -0.2) is 4.98 Å². The van der Waals surface area contributed by atoms with Crippen LogP contribution in [0.25, 0.3) is 0 Å². The molecule has 0 spiro atoms. The van der Waals surface area contributed by atoms with E-state index in [1.807, 2.05) is 43.4 Å². The van der Waals surface area contributed by atoms with E-state index in [2.05, 4.69) is 10.3 Å². The molecule has 0 fully saturated rings. The Kier molecular flexibility index (Phi) is 4.15. The highest BCUT2D eigenvalue weighted by Crippen LogP contribution is 2.15. The van der Waals surface area contributed by atoms with Gasteiger partial charge in [0.15, 0.2) is 0 Å². The van der Waals surface area contributed by atoms with E-state index in [0.29, 0.717) is 6.61 Å². The lowest BCUT2D eigenvalue weighted by Gasteiger charge is -2.07. The Labute approximate surface area is 106 Å². The molecule has 4 heteroatoms. The standard InChI is InChI=1S/C14H16N2O2/c1-15-14-8-12(6-7-16-14)10-18-13-4-2-11(9-17)3-5-13/h2-8,17H,9-10H2,1H3,(H,15,16). The number of anilines is 1. The third-order valence-electron chi connectivity index (χ3n) is 2.59. The number of hydrogen-bond acceptors (Lipinski definition) is 4. The van der Waals surface area contributed by atoms with E-state index in [4.69, 9.17) is 9.84 Å². The van der Waals surface area contributed by atoms with Crippen LogP contribution < -0.4 is 10.1 Å². The molecule has 1 aromatic heterocycles. The average molecular weight is 244 g/mol. The molecule has 0 aliphatic heterocycles. The van der Waals surface area contributed by atoms with Gasteiger partial charge in [-0.3, -0.25) is 0 Å². The molecule has 0 radical (unpaired) electrons. The lowest BCUT2D eigenvalue weighted by molar-refractivity contribution is 0.280. The minimum Gasteiger partial charge on any atom is -0.489 e. The fourth-order valence-electron chi connectivity index (χ4n) is 1.56. The second kappa shape index (κ2) is 6.02. The first-order valence-electron chi connectivity index (χ1n) is 5.77. The maximum Gasteiger partial charge on any atom is 0.126 e. The van der Waals surface area contributed by atoms with Gasteiger partial charge in [-0.05, 0) is 35.4 Å². The van der Waals surface area contributed by atoms with Crippen molar-refractivity contribution in [1.82, 2.24) is 4.98 Å². The number of nitrogens with one attached hydrogen (secondary N) is 1. The van der Waals surface area contributed by atoms with Crippen LogP contribution in [0.3, 0.4) is 0 Å². The van der Waals surface area contributed by atoms with Gasteiger partial charge in [-0.1, -0.05) is 12.1 Å². The van der Waals surface area contributed by atoms with Crippen molar-refractivity contribution in [2.45, 2.75) is 13.2 Å². The van der Waals surface area contributed by atoms with Crippen molar-refractivity contribution < 1.29 is 9.84 Å². The molecule has 0 saturated carbocycles. The van der Waals surface area contributed by atoms with Gasteiger partial charge < -0.3 is 15.2 Å². The summed E-state index contributed by atoms with van der Waals surface area (Å²) in [6.07, 6.45) is 1.75. The molecule has 0 atom stereocenters. The second-order valence-corrected chi connectivity index (χ2v) is 3.89. The van der Waals surface area contributed by atoms with Gasteiger partial charge in [0, 0.05) is 13.2 Å². The summed E-state index contributed by atoms with van der Waals surface area (Å²) in [7, 11) is 1.83. The van der Waals surface area contributed by atoms with E-state index >= 15 is 0 Å².